The van der Waals surface area contributed by atoms with E-state index in [0.29, 0.717) is 15.1 Å². The summed E-state index contributed by atoms with van der Waals surface area (Å²) in [4.78, 5) is 0. The largest absolute Gasteiger partial charge is 0.388 e. The second-order valence-electron chi connectivity index (χ2n) is 4.12. The van der Waals surface area contributed by atoms with Crippen molar-refractivity contribution in [3.05, 3.63) is 68.7 Å². The van der Waals surface area contributed by atoms with Gasteiger partial charge in [0.25, 0.3) is 0 Å². The summed E-state index contributed by atoms with van der Waals surface area (Å²) in [6.45, 7) is 0. The molecule has 1 N–H and O–H groups in total. The third-order valence-electron chi connectivity index (χ3n) is 2.74. The monoisotopic (exact) mass is 346 g/mol. The Kier molecular flexibility index (Phi) is 4.55. The highest BCUT2D eigenvalue weighted by Gasteiger charge is 2.15. The van der Waals surface area contributed by atoms with Crippen LogP contribution in [-0.2, 0) is 6.42 Å². The Bertz CT molecular complexity index is 604. The second-order valence-corrected chi connectivity index (χ2v) is 5.41. The van der Waals surface area contributed by atoms with Gasteiger partial charge in [-0.25, -0.2) is 8.78 Å². The van der Waals surface area contributed by atoms with Crippen molar-refractivity contribution < 1.29 is 13.9 Å². The van der Waals surface area contributed by atoms with Crippen LogP contribution in [0.3, 0.4) is 0 Å². The van der Waals surface area contributed by atoms with E-state index >= 15 is 0 Å². The third-order valence-corrected chi connectivity index (χ3v) is 3.75. The van der Waals surface area contributed by atoms with Crippen LogP contribution in [0.2, 0.25) is 5.02 Å². The van der Waals surface area contributed by atoms with Crippen LogP contribution in [0.25, 0.3) is 0 Å². The fraction of sp³-hybridized carbons (Fsp3) is 0.143. The predicted octanol–water partition coefficient (Wildman–Crippen LogP) is 4.66. The molecule has 0 saturated heterocycles. The Balaban J connectivity index is 2.27. The van der Waals surface area contributed by atoms with Gasteiger partial charge in [0.1, 0.15) is 11.6 Å². The molecule has 19 heavy (non-hydrogen) atoms. The summed E-state index contributed by atoms with van der Waals surface area (Å²) in [6, 6.07) is 8.13. The Morgan fingerprint density at radius 2 is 1.89 bits per heavy atom. The predicted molar refractivity (Wildman–Crippen MR) is 74.2 cm³/mol. The minimum absolute atomic E-state index is 0.0929. The fourth-order valence-corrected chi connectivity index (χ4v) is 2.38. The lowest BCUT2D eigenvalue weighted by atomic mass is 10.0. The molecule has 2 aromatic carbocycles. The van der Waals surface area contributed by atoms with Crippen molar-refractivity contribution in [1.82, 2.24) is 0 Å². The van der Waals surface area contributed by atoms with Gasteiger partial charge in [-0.05, 0) is 42.0 Å². The summed E-state index contributed by atoms with van der Waals surface area (Å²) in [6.07, 6.45) is -0.993. The summed E-state index contributed by atoms with van der Waals surface area (Å²) in [7, 11) is 0. The van der Waals surface area contributed by atoms with Crippen LogP contribution in [0.4, 0.5) is 8.78 Å². The molecule has 1 nitrogen and oxygen atoms in total. The SMILES string of the molecule is OC(Cc1cc(F)ccc1Br)c1cc(Cl)ccc1F. The maximum Gasteiger partial charge on any atom is 0.129 e. The van der Waals surface area contributed by atoms with Gasteiger partial charge in [0.15, 0.2) is 0 Å². The van der Waals surface area contributed by atoms with Crippen molar-refractivity contribution in [3.8, 4) is 0 Å². The molecular formula is C14H10BrClF2O. The molecule has 1 unspecified atom stereocenters. The van der Waals surface area contributed by atoms with Crippen LogP contribution in [0.15, 0.2) is 40.9 Å². The van der Waals surface area contributed by atoms with E-state index in [-0.39, 0.29) is 12.0 Å². The molecule has 0 spiro atoms. The zero-order valence-corrected chi connectivity index (χ0v) is 12.0. The van der Waals surface area contributed by atoms with Crippen LogP contribution >= 0.6 is 27.5 Å². The minimum Gasteiger partial charge on any atom is -0.388 e. The molecule has 5 heteroatoms. The number of hydrogen-bond donors (Lipinski definition) is 1. The molecule has 0 aliphatic carbocycles. The van der Waals surface area contributed by atoms with E-state index in [1.807, 2.05) is 0 Å². The van der Waals surface area contributed by atoms with Crippen LogP contribution < -0.4 is 0 Å². The first-order valence-electron chi connectivity index (χ1n) is 5.54. The van der Waals surface area contributed by atoms with Gasteiger partial charge >= 0.3 is 0 Å². The van der Waals surface area contributed by atoms with Crippen LogP contribution in [0, 0.1) is 11.6 Å². The Morgan fingerprint density at radius 1 is 1.16 bits per heavy atom. The van der Waals surface area contributed by atoms with Crippen LogP contribution in [0.1, 0.15) is 17.2 Å². The maximum atomic E-state index is 13.6. The molecule has 0 amide bonds. The number of aliphatic hydroxyl groups is 1. The fourth-order valence-electron chi connectivity index (χ4n) is 1.79. The van der Waals surface area contributed by atoms with E-state index in [9.17, 15) is 13.9 Å². The number of halogens is 4. The summed E-state index contributed by atoms with van der Waals surface area (Å²) < 4.78 is 27.4. The standard InChI is InChI=1S/C14H10BrClF2O/c15-12-3-2-10(17)5-8(12)6-14(19)11-7-9(16)1-4-13(11)18/h1-5,7,14,19H,6H2. The summed E-state index contributed by atoms with van der Waals surface area (Å²) >= 11 is 9.04. The highest BCUT2D eigenvalue weighted by Crippen LogP contribution is 2.27. The zero-order chi connectivity index (χ0) is 14.0. The lowest BCUT2D eigenvalue weighted by Crippen LogP contribution is -2.05. The molecule has 2 aromatic rings. The van der Waals surface area contributed by atoms with Gasteiger partial charge in [-0.3, -0.25) is 0 Å². The molecular weight excluding hydrogens is 338 g/mol. The molecule has 0 saturated carbocycles. The van der Waals surface area contributed by atoms with Crippen molar-refractivity contribution in [1.29, 1.82) is 0 Å². The topological polar surface area (TPSA) is 20.2 Å². The highest BCUT2D eigenvalue weighted by atomic mass is 79.9. The summed E-state index contributed by atoms with van der Waals surface area (Å²) in [5, 5.41) is 10.4. The quantitative estimate of drug-likeness (QED) is 0.856. The van der Waals surface area contributed by atoms with Crippen molar-refractivity contribution in [2.24, 2.45) is 0 Å². The molecule has 2 rings (SSSR count). The lowest BCUT2D eigenvalue weighted by molar-refractivity contribution is 0.173. The van der Waals surface area contributed by atoms with E-state index in [4.69, 9.17) is 11.6 Å². The number of aliphatic hydroxyl groups excluding tert-OH is 1. The maximum absolute atomic E-state index is 13.6. The van der Waals surface area contributed by atoms with Gasteiger partial charge < -0.3 is 5.11 Å². The van der Waals surface area contributed by atoms with Crippen molar-refractivity contribution >= 4 is 27.5 Å². The first-order chi connectivity index (χ1) is 8.97. The number of benzene rings is 2. The van der Waals surface area contributed by atoms with E-state index in [1.165, 1.54) is 30.3 Å². The average molecular weight is 348 g/mol. The van der Waals surface area contributed by atoms with Crippen molar-refractivity contribution in [2.45, 2.75) is 12.5 Å². The van der Waals surface area contributed by atoms with E-state index in [0.717, 1.165) is 0 Å². The Hall–Kier alpha value is -0.970. The van der Waals surface area contributed by atoms with E-state index in [1.54, 1.807) is 6.07 Å². The lowest BCUT2D eigenvalue weighted by Gasteiger charge is -2.13. The van der Waals surface area contributed by atoms with E-state index < -0.39 is 17.7 Å². The zero-order valence-electron chi connectivity index (χ0n) is 9.71. The van der Waals surface area contributed by atoms with Crippen molar-refractivity contribution in [3.63, 3.8) is 0 Å². The molecule has 0 bridgehead atoms. The van der Waals surface area contributed by atoms with Gasteiger partial charge in [-0.2, -0.15) is 0 Å². The molecule has 0 radical (unpaired) electrons. The smallest absolute Gasteiger partial charge is 0.129 e. The van der Waals surface area contributed by atoms with Crippen LogP contribution in [0.5, 0.6) is 0 Å². The number of hydrogen-bond acceptors (Lipinski definition) is 1. The Labute approximate surface area is 123 Å². The average Bonchev–Trinajstić information content (AvgIpc) is 2.36. The van der Waals surface area contributed by atoms with Gasteiger partial charge in [0.05, 0.1) is 6.10 Å². The van der Waals surface area contributed by atoms with Crippen molar-refractivity contribution in [2.75, 3.05) is 0 Å². The molecule has 0 aliphatic heterocycles. The van der Waals surface area contributed by atoms with Gasteiger partial charge in [-0.15, -0.1) is 0 Å². The molecule has 0 aromatic heterocycles. The minimum atomic E-state index is -1.09. The first-order valence-corrected chi connectivity index (χ1v) is 6.71. The molecule has 0 aliphatic rings. The molecule has 0 fully saturated rings. The van der Waals surface area contributed by atoms with Crippen LogP contribution in [-0.4, -0.2) is 5.11 Å². The second kappa shape index (κ2) is 5.99. The normalized spacial score (nSPS) is 12.5. The summed E-state index contributed by atoms with van der Waals surface area (Å²) in [5.74, 6) is -0.943. The molecule has 100 valence electrons. The van der Waals surface area contributed by atoms with Gasteiger partial charge in [0, 0.05) is 21.5 Å². The highest BCUT2D eigenvalue weighted by molar-refractivity contribution is 9.10. The van der Waals surface area contributed by atoms with Gasteiger partial charge in [0.2, 0.25) is 0 Å². The molecule has 0 heterocycles. The third kappa shape index (κ3) is 3.53. The number of rotatable bonds is 3. The summed E-state index contributed by atoms with van der Waals surface area (Å²) in [5.41, 5.74) is 0.663. The van der Waals surface area contributed by atoms with E-state index in [2.05, 4.69) is 15.9 Å². The Morgan fingerprint density at radius 3 is 2.63 bits per heavy atom. The van der Waals surface area contributed by atoms with Gasteiger partial charge in [-0.1, -0.05) is 27.5 Å². The molecule has 1 atom stereocenters. The first kappa shape index (κ1) is 14.4.